The normalized spacial score (nSPS) is 13.2. The van der Waals surface area contributed by atoms with Gasteiger partial charge in [-0.25, -0.2) is 0 Å². The SMILES string of the molecule is C1=CC=CC2=C(C=1)OCCO2.C=Cc1ccccc1C=C=CC.CCC. The van der Waals surface area contributed by atoms with Gasteiger partial charge >= 0.3 is 0 Å². The van der Waals surface area contributed by atoms with E-state index in [9.17, 15) is 0 Å². The van der Waals surface area contributed by atoms with Crippen LogP contribution in [0.3, 0.4) is 0 Å². The molecule has 3 rings (SSSR count). The summed E-state index contributed by atoms with van der Waals surface area (Å²) in [4.78, 5) is 0. The smallest absolute Gasteiger partial charge is 0.169 e. The van der Waals surface area contributed by atoms with Crippen LogP contribution in [0.25, 0.3) is 12.2 Å². The number of allylic oxidation sites excluding steroid dienone is 4. The lowest BCUT2D eigenvalue weighted by Gasteiger charge is -2.17. The second kappa shape index (κ2) is 13.4. The molecule has 0 saturated heterocycles. The molecule has 0 spiro atoms. The number of hydrogen-bond donors (Lipinski definition) is 0. The summed E-state index contributed by atoms with van der Waals surface area (Å²) in [5, 5.41) is 0. The maximum atomic E-state index is 5.34. The average molecular weight is 348 g/mol. The van der Waals surface area contributed by atoms with E-state index in [1.807, 2.05) is 67.6 Å². The Hall–Kier alpha value is -2.92. The summed E-state index contributed by atoms with van der Waals surface area (Å²) >= 11 is 0. The molecule has 1 aromatic rings. The van der Waals surface area contributed by atoms with Crippen LogP contribution >= 0.6 is 0 Å². The maximum absolute atomic E-state index is 5.34. The van der Waals surface area contributed by atoms with Crippen molar-refractivity contribution < 1.29 is 9.47 Å². The minimum Gasteiger partial charge on any atom is -0.486 e. The van der Waals surface area contributed by atoms with Crippen molar-refractivity contribution in [2.24, 2.45) is 0 Å². The molecule has 0 saturated carbocycles. The number of hydrogen-bond acceptors (Lipinski definition) is 2. The third-order valence-electron chi connectivity index (χ3n) is 3.12. The van der Waals surface area contributed by atoms with E-state index < -0.39 is 0 Å². The molecular formula is C24H28O2. The highest BCUT2D eigenvalue weighted by Crippen LogP contribution is 2.16. The van der Waals surface area contributed by atoms with Gasteiger partial charge in [0, 0.05) is 6.08 Å². The van der Waals surface area contributed by atoms with Crippen LogP contribution in [0.5, 0.6) is 0 Å². The van der Waals surface area contributed by atoms with Crippen molar-refractivity contribution in [2.75, 3.05) is 13.2 Å². The van der Waals surface area contributed by atoms with E-state index in [4.69, 9.17) is 9.47 Å². The molecule has 2 heteroatoms. The lowest BCUT2D eigenvalue weighted by Crippen LogP contribution is -2.11. The molecule has 1 heterocycles. The van der Waals surface area contributed by atoms with Crippen LogP contribution in [-0.2, 0) is 9.47 Å². The fourth-order valence-electron chi connectivity index (χ4n) is 2.00. The van der Waals surface area contributed by atoms with Crippen molar-refractivity contribution in [3.8, 4) is 0 Å². The average Bonchev–Trinajstić information content (AvgIpc) is 2.93. The fraction of sp³-hybridized carbons (Fsp3) is 0.250. The molecule has 136 valence electrons. The van der Waals surface area contributed by atoms with Crippen LogP contribution in [0.4, 0.5) is 0 Å². The molecule has 0 fully saturated rings. The van der Waals surface area contributed by atoms with Crippen LogP contribution in [0.15, 0.2) is 84.2 Å². The zero-order chi connectivity index (χ0) is 19.0. The van der Waals surface area contributed by atoms with E-state index in [-0.39, 0.29) is 0 Å². The maximum Gasteiger partial charge on any atom is 0.169 e. The molecular weight excluding hydrogens is 320 g/mol. The number of ether oxygens (including phenoxy) is 2. The van der Waals surface area contributed by atoms with E-state index in [2.05, 4.69) is 31.9 Å². The van der Waals surface area contributed by atoms with Crippen molar-refractivity contribution in [2.45, 2.75) is 27.2 Å². The Kier molecular flexibility index (Phi) is 10.9. The van der Waals surface area contributed by atoms with Crippen LogP contribution < -0.4 is 0 Å². The largest absolute Gasteiger partial charge is 0.486 e. The second-order valence-electron chi connectivity index (χ2n) is 5.40. The van der Waals surface area contributed by atoms with Crippen LogP contribution in [0.1, 0.15) is 38.3 Å². The van der Waals surface area contributed by atoms with Gasteiger partial charge in [-0.15, -0.1) is 11.5 Å². The van der Waals surface area contributed by atoms with Gasteiger partial charge in [0.25, 0.3) is 0 Å². The zero-order valence-corrected chi connectivity index (χ0v) is 16.0. The first kappa shape index (κ1) is 21.1. The predicted octanol–water partition coefficient (Wildman–Crippen LogP) is 6.46. The molecule has 0 amide bonds. The summed E-state index contributed by atoms with van der Waals surface area (Å²) in [6.45, 7) is 11.2. The lowest BCUT2D eigenvalue weighted by atomic mass is 10.1. The second-order valence-corrected chi connectivity index (χ2v) is 5.40. The molecule has 0 radical (unpaired) electrons. The molecule has 2 nitrogen and oxygen atoms in total. The van der Waals surface area contributed by atoms with Gasteiger partial charge in [0.2, 0.25) is 0 Å². The molecule has 1 aliphatic carbocycles. The molecule has 2 aliphatic rings. The highest BCUT2D eigenvalue weighted by atomic mass is 16.6. The van der Waals surface area contributed by atoms with Gasteiger partial charge in [-0.1, -0.05) is 63.3 Å². The van der Waals surface area contributed by atoms with Crippen molar-refractivity contribution in [1.82, 2.24) is 0 Å². The van der Waals surface area contributed by atoms with E-state index in [0.29, 0.717) is 13.2 Å². The Labute approximate surface area is 157 Å². The van der Waals surface area contributed by atoms with Gasteiger partial charge in [-0.3, -0.25) is 0 Å². The monoisotopic (exact) mass is 348 g/mol. The van der Waals surface area contributed by atoms with E-state index in [1.165, 1.54) is 6.42 Å². The molecule has 26 heavy (non-hydrogen) atoms. The van der Waals surface area contributed by atoms with Crippen molar-refractivity contribution in [3.05, 3.63) is 95.3 Å². The Bertz CT molecular complexity index is 750. The molecule has 0 aromatic heterocycles. The summed E-state index contributed by atoms with van der Waals surface area (Å²) in [7, 11) is 0. The lowest BCUT2D eigenvalue weighted by molar-refractivity contribution is 0.0770. The van der Waals surface area contributed by atoms with E-state index >= 15 is 0 Å². The quantitative estimate of drug-likeness (QED) is 0.571. The minimum atomic E-state index is 0.630. The van der Waals surface area contributed by atoms with Crippen LogP contribution in [-0.4, -0.2) is 13.2 Å². The van der Waals surface area contributed by atoms with Gasteiger partial charge in [0.15, 0.2) is 11.5 Å². The highest BCUT2D eigenvalue weighted by molar-refractivity contribution is 5.63. The molecule has 0 atom stereocenters. The first-order valence-corrected chi connectivity index (χ1v) is 8.94. The third kappa shape index (κ3) is 7.77. The van der Waals surface area contributed by atoms with Crippen molar-refractivity contribution in [3.63, 3.8) is 0 Å². The molecule has 0 N–H and O–H groups in total. The number of rotatable bonds is 2. The summed E-state index contributed by atoms with van der Waals surface area (Å²) in [6.07, 6.45) is 14.3. The molecule has 0 unspecified atom stereocenters. The summed E-state index contributed by atoms with van der Waals surface area (Å²) < 4.78 is 10.7. The standard InChI is InChI=1S/C12H12.C9H8O2.C3H8/c1-3-5-8-12-10-7-6-9-11(12)4-2;1-2-4-8-9(5-3-1)11-7-6-10-8;1-3-2/h3-4,6-10H,2H2,1H3;1-2,4-5H,6-7H2;3H2,1-2H3. The fourth-order valence-corrected chi connectivity index (χ4v) is 2.00. The van der Waals surface area contributed by atoms with E-state index in [0.717, 1.165) is 22.6 Å². The van der Waals surface area contributed by atoms with E-state index in [1.54, 1.807) is 6.08 Å². The van der Waals surface area contributed by atoms with Gasteiger partial charge in [-0.2, -0.15) is 0 Å². The van der Waals surface area contributed by atoms with Gasteiger partial charge in [-0.05, 0) is 42.4 Å². The Balaban J connectivity index is 0.000000227. The summed E-state index contributed by atoms with van der Waals surface area (Å²) in [6, 6.07) is 8.10. The zero-order valence-electron chi connectivity index (χ0n) is 16.0. The molecule has 1 aromatic carbocycles. The Morgan fingerprint density at radius 1 is 1.12 bits per heavy atom. The first-order valence-electron chi connectivity index (χ1n) is 8.94. The molecule has 1 aliphatic heterocycles. The minimum absolute atomic E-state index is 0.630. The Morgan fingerprint density at radius 3 is 2.42 bits per heavy atom. The first-order chi connectivity index (χ1) is 12.8. The topological polar surface area (TPSA) is 18.5 Å². The van der Waals surface area contributed by atoms with Gasteiger partial charge in [0.1, 0.15) is 13.2 Å². The number of benzene rings is 1. The summed E-state index contributed by atoms with van der Waals surface area (Å²) in [5.41, 5.74) is 8.29. The highest BCUT2D eigenvalue weighted by Gasteiger charge is 2.10. The predicted molar refractivity (Wildman–Crippen MR) is 111 cm³/mol. The Morgan fingerprint density at radius 2 is 1.77 bits per heavy atom. The van der Waals surface area contributed by atoms with Crippen molar-refractivity contribution in [1.29, 1.82) is 0 Å². The third-order valence-corrected chi connectivity index (χ3v) is 3.12. The van der Waals surface area contributed by atoms with Gasteiger partial charge < -0.3 is 9.47 Å². The van der Waals surface area contributed by atoms with Gasteiger partial charge in [0.05, 0.1) is 0 Å². The van der Waals surface area contributed by atoms with Crippen LogP contribution in [0, 0.1) is 0 Å². The summed E-state index contributed by atoms with van der Waals surface area (Å²) in [5.74, 6) is 1.58. The van der Waals surface area contributed by atoms with Crippen LogP contribution in [0.2, 0.25) is 0 Å². The van der Waals surface area contributed by atoms with Crippen molar-refractivity contribution >= 4 is 12.2 Å². The molecule has 0 bridgehead atoms.